The Kier molecular flexibility index (Phi) is 1.91. The lowest BCUT2D eigenvalue weighted by atomic mass is 10.3. The summed E-state index contributed by atoms with van der Waals surface area (Å²) in [7, 11) is 0. The van der Waals surface area contributed by atoms with Crippen LogP contribution < -0.4 is 5.73 Å². The summed E-state index contributed by atoms with van der Waals surface area (Å²) in [6, 6.07) is 2.20. The van der Waals surface area contributed by atoms with Gasteiger partial charge in [-0.05, 0) is 17.7 Å². The van der Waals surface area contributed by atoms with E-state index in [1.807, 2.05) is 0 Å². The third kappa shape index (κ3) is 1.48. The van der Waals surface area contributed by atoms with Gasteiger partial charge in [-0.15, -0.1) is 0 Å². The second-order valence-electron chi connectivity index (χ2n) is 1.82. The Bertz CT molecular complexity index is 217. The molecule has 1 aromatic rings. The topological polar surface area (TPSA) is 38.9 Å². The number of hydrogen-bond acceptors (Lipinski definition) is 2. The van der Waals surface area contributed by atoms with Gasteiger partial charge in [0.25, 0.3) is 0 Å². The van der Waals surface area contributed by atoms with Gasteiger partial charge in [0.05, 0.1) is 0 Å². The Morgan fingerprint density at radius 1 is 1.30 bits per heavy atom. The van der Waals surface area contributed by atoms with Crippen molar-refractivity contribution in [2.24, 2.45) is 5.73 Å². The highest BCUT2D eigenvalue weighted by atomic mass is 19.1. The van der Waals surface area contributed by atoms with Gasteiger partial charge in [-0.2, -0.15) is 13.8 Å². The summed E-state index contributed by atoms with van der Waals surface area (Å²) in [4.78, 5) is 2.89. The van der Waals surface area contributed by atoms with E-state index in [1.54, 1.807) is 0 Å². The molecule has 54 valence electrons. The van der Waals surface area contributed by atoms with Crippen LogP contribution in [-0.2, 0) is 6.54 Å². The molecule has 4 heteroatoms. The van der Waals surface area contributed by atoms with Gasteiger partial charge in [0.1, 0.15) is 0 Å². The predicted molar refractivity (Wildman–Crippen MR) is 32.0 cm³/mol. The van der Waals surface area contributed by atoms with Crippen LogP contribution in [0.5, 0.6) is 0 Å². The summed E-state index contributed by atoms with van der Waals surface area (Å²) in [5.74, 6) is -1.67. The van der Waals surface area contributed by atoms with Crippen LogP contribution in [0.1, 0.15) is 5.56 Å². The summed E-state index contributed by atoms with van der Waals surface area (Å²) in [5.41, 5.74) is 5.53. The summed E-state index contributed by atoms with van der Waals surface area (Å²) in [6.07, 6.45) is 0. The molecule has 0 spiro atoms. The first-order valence-electron chi connectivity index (χ1n) is 2.74. The maximum Gasteiger partial charge on any atom is 0.215 e. The number of pyridine rings is 1. The normalized spacial score (nSPS) is 9.90. The molecule has 2 N–H and O–H groups in total. The number of rotatable bonds is 1. The Balaban J connectivity index is 3.06. The van der Waals surface area contributed by atoms with Gasteiger partial charge in [-0.25, -0.2) is 0 Å². The molecule has 0 aliphatic rings. The van der Waals surface area contributed by atoms with E-state index < -0.39 is 11.9 Å². The molecule has 0 saturated carbocycles. The molecular weight excluding hydrogens is 138 g/mol. The highest BCUT2D eigenvalue weighted by Crippen LogP contribution is 2.02. The largest absolute Gasteiger partial charge is 0.326 e. The molecule has 0 fully saturated rings. The van der Waals surface area contributed by atoms with Gasteiger partial charge in [0, 0.05) is 6.54 Å². The highest BCUT2D eigenvalue weighted by Gasteiger charge is 1.98. The molecule has 0 bridgehead atoms. The first kappa shape index (κ1) is 7.08. The lowest BCUT2D eigenvalue weighted by Crippen LogP contribution is -1.99. The van der Waals surface area contributed by atoms with E-state index in [2.05, 4.69) is 4.98 Å². The quantitative estimate of drug-likeness (QED) is 0.592. The molecule has 0 unspecified atom stereocenters. The second kappa shape index (κ2) is 2.70. The third-order valence-electron chi connectivity index (χ3n) is 1.06. The molecule has 1 heterocycles. The minimum absolute atomic E-state index is 0.121. The van der Waals surface area contributed by atoms with Gasteiger partial charge in [0.15, 0.2) is 0 Å². The van der Waals surface area contributed by atoms with Crippen LogP contribution in [0.2, 0.25) is 0 Å². The van der Waals surface area contributed by atoms with Gasteiger partial charge >= 0.3 is 0 Å². The first-order valence-corrected chi connectivity index (χ1v) is 2.74. The maximum atomic E-state index is 12.2. The van der Waals surface area contributed by atoms with Crippen molar-refractivity contribution >= 4 is 0 Å². The minimum Gasteiger partial charge on any atom is -0.326 e. The fourth-order valence-corrected chi connectivity index (χ4v) is 0.632. The van der Waals surface area contributed by atoms with Gasteiger partial charge < -0.3 is 5.73 Å². The predicted octanol–water partition coefficient (Wildman–Crippen LogP) is 0.819. The number of nitrogens with two attached hydrogens (primary N) is 1. The van der Waals surface area contributed by atoms with Crippen LogP contribution in [-0.4, -0.2) is 4.98 Å². The molecule has 10 heavy (non-hydrogen) atoms. The molecule has 1 rings (SSSR count). The molecule has 2 nitrogen and oxygen atoms in total. The molecule has 0 radical (unpaired) electrons. The van der Waals surface area contributed by atoms with Crippen LogP contribution >= 0.6 is 0 Å². The van der Waals surface area contributed by atoms with Crippen molar-refractivity contribution < 1.29 is 8.78 Å². The van der Waals surface area contributed by atoms with Crippen molar-refractivity contribution in [1.82, 2.24) is 4.98 Å². The fourth-order valence-electron chi connectivity index (χ4n) is 0.632. The molecule has 0 aromatic carbocycles. The number of aromatic nitrogens is 1. The average Bonchev–Trinajstić information content (AvgIpc) is 1.85. The zero-order chi connectivity index (χ0) is 7.56. The highest BCUT2D eigenvalue weighted by molar-refractivity contribution is 5.10. The monoisotopic (exact) mass is 144 g/mol. The van der Waals surface area contributed by atoms with Gasteiger partial charge in [-0.1, -0.05) is 0 Å². The Morgan fingerprint density at radius 3 is 2.20 bits per heavy atom. The molecular formula is C6H6F2N2. The first-order chi connectivity index (χ1) is 4.72. The van der Waals surface area contributed by atoms with Crippen LogP contribution in [0.15, 0.2) is 12.1 Å². The van der Waals surface area contributed by atoms with E-state index >= 15 is 0 Å². The lowest BCUT2D eigenvalue weighted by molar-refractivity contribution is 0.509. The number of hydrogen-bond donors (Lipinski definition) is 1. The second-order valence-corrected chi connectivity index (χ2v) is 1.82. The maximum absolute atomic E-state index is 12.2. The van der Waals surface area contributed by atoms with Crippen molar-refractivity contribution in [2.75, 3.05) is 0 Å². The zero-order valence-corrected chi connectivity index (χ0v) is 5.14. The fraction of sp³-hybridized carbons (Fsp3) is 0.167. The van der Waals surface area contributed by atoms with E-state index in [0.29, 0.717) is 5.56 Å². The molecule has 0 saturated heterocycles. The summed E-state index contributed by atoms with van der Waals surface area (Å²) in [5, 5.41) is 0. The Morgan fingerprint density at radius 2 is 1.80 bits per heavy atom. The lowest BCUT2D eigenvalue weighted by Gasteiger charge is -1.94. The molecule has 1 aromatic heterocycles. The summed E-state index contributed by atoms with van der Waals surface area (Å²) >= 11 is 0. The Hall–Kier alpha value is -1.03. The van der Waals surface area contributed by atoms with Crippen molar-refractivity contribution in [3.8, 4) is 0 Å². The molecule has 0 aliphatic carbocycles. The number of halogens is 2. The summed E-state index contributed by atoms with van der Waals surface area (Å²) in [6.45, 7) is 0.121. The molecule has 0 aliphatic heterocycles. The van der Waals surface area contributed by atoms with Crippen LogP contribution in [0.3, 0.4) is 0 Å². The van der Waals surface area contributed by atoms with E-state index in [-0.39, 0.29) is 6.54 Å². The van der Waals surface area contributed by atoms with Crippen molar-refractivity contribution in [3.63, 3.8) is 0 Å². The zero-order valence-electron chi connectivity index (χ0n) is 5.14. The molecule has 0 amide bonds. The summed E-state index contributed by atoms with van der Waals surface area (Å²) < 4.78 is 24.4. The molecule has 0 atom stereocenters. The standard InChI is InChI=1S/C6H6F2N2/c7-5-1-4(3-9)2-6(8)10-5/h1-2H,3,9H2. The van der Waals surface area contributed by atoms with Crippen molar-refractivity contribution in [2.45, 2.75) is 6.54 Å². The van der Waals surface area contributed by atoms with Crippen molar-refractivity contribution in [3.05, 3.63) is 29.6 Å². The number of nitrogens with zero attached hydrogens (tertiary/aromatic N) is 1. The third-order valence-corrected chi connectivity index (χ3v) is 1.06. The van der Waals surface area contributed by atoms with Gasteiger partial charge in [-0.3, -0.25) is 0 Å². The van der Waals surface area contributed by atoms with Crippen LogP contribution in [0, 0.1) is 11.9 Å². The van der Waals surface area contributed by atoms with E-state index in [1.165, 1.54) is 0 Å². The SMILES string of the molecule is NCc1cc(F)nc(F)c1. The Labute approximate surface area is 56.7 Å². The average molecular weight is 144 g/mol. The smallest absolute Gasteiger partial charge is 0.215 e. The van der Waals surface area contributed by atoms with E-state index in [9.17, 15) is 8.78 Å². The van der Waals surface area contributed by atoms with Crippen molar-refractivity contribution in [1.29, 1.82) is 0 Å². The van der Waals surface area contributed by atoms with E-state index in [4.69, 9.17) is 5.73 Å². The minimum atomic E-state index is -0.833. The van der Waals surface area contributed by atoms with Crippen LogP contribution in [0.4, 0.5) is 8.78 Å². The van der Waals surface area contributed by atoms with E-state index in [0.717, 1.165) is 12.1 Å². The van der Waals surface area contributed by atoms with Crippen LogP contribution in [0.25, 0.3) is 0 Å². The van der Waals surface area contributed by atoms with Gasteiger partial charge in [0.2, 0.25) is 11.9 Å².